The maximum absolute atomic E-state index is 13.6. The highest BCUT2D eigenvalue weighted by molar-refractivity contribution is 5.63. The molecule has 1 aromatic heterocycles. The minimum atomic E-state index is -0.362. The number of pyridine rings is 1. The molecule has 0 amide bonds. The van der Waals surface area contributed by atoms with E-state index >= 15 is 0 Å². The van der Waals surface area contributed by atoms with Crippen molar-refractivity contribution in [3.8, 4) is 6.07 Å². The summed E-state index contributed by atoms with van der Waals surface area (Å²) in [7, 11) is 0. The summed E-state index contributed by atoms with van der Waals surface area (Å²) >= 11 is 0. The molecule has 1 N–H and O–H groups in total. The van der Waals surface area contributed by atoms with Crippen LogP contribution < -0.4 is 5.32 Å². The summed E-state index contributed by atoms with van der Waals surface area (Å²) in [6.45, 7) is 1.81. The lowest BCUT2D eigenvalue weighted by Crippen LogP contribution is -1.98. The van der Waals surface area contributed by atoms with Gasteiger partial charge in [-0.2, -0.15) is 5.26 Å². The Morgan fingerprint density at radius 2 is 2.18 bits per heavy atom. The number of aromatic nitrogens is 1. The molecule has 4 heteroatoms. The molecule has 1 aromatic carbocycles. The topological polar surface area (TPSA) is 48.7 Å². The fraction of sp³-hybridized carbons (Fsp3) is 0.0769. The average molecular weight is 227 g/mol. The highest BCUT2D eigenvalue weighted by Gasteiger charge is 2.06. The van der Waals surface area contributed by atoms with Gasteiger partial charge >= 0.3 is 0 Å². The van der Waals surface area contributed by atoms with Gasteiger partial charge in [0.2, 0.25) is 0 Å². The Morgan fingerprint density at radius 1 is 1.35 bits per heavy atom. The molecule has 0 bridgehead atoms. The summed E-state index contributed by atoms with van der Waals surface area (Å²) in [5, 5.41) is 11.7. The van der Waals surface area contributed by atoms with Crippen molar-refractivity contribution in [2.45, 2.75) is 6.92 Å². The van der Waals surface area contributed by atoms with Gasteiger partial charge < -0.3 is 5.32 Å². The van der Waals surface area contributed by atoms with Crippen LogP contribution in [-0.4, -0.2) is 4.98 Å². The van der Waals surface area contributed by atoms with Crippen LogP contribution in [0, 0.1) is 24.1 Å². The zero-order chi connectivity index (χ0) is 12.3. The molecule has 1 heterocycles. The maximum Gasteiger partial charge on any atom is 0.148 e. The Balaban J connectivity index is 2.35. The third-order valence-electron chi connectivity index (χ3n) is 2.31. The Hall–Kier alpha value is -2.41. The standard InChI is InChI=1S/C13H10FN3/c1-9-4-5-12(11(14)7-9)17-13-10(8-15)3-2-6-16-13/h2-7H,1H3,(H,16,17). The van der Waals surface area contributed by atoms with Crippen molar-refractivity contribution >= 4 is 11.5 Å². The number of hydrogen-bond acceptors (Lipinski definition) is 3. The van der Waals surface area contributed by atoms with Crippen LogP contribution in [0.4, 0.5) is 15.9 Å². The predicted octanol–water partition coefficient (Wildman–Crippen LogP) is 3.14. The third kappa shape index (κ3) is 2.40. The molecule has 0 atom stereocenters. The summed E-state index contributed by atoms with van der Waals surface area (Å²) in [6, 6.07) is 10.1. The molecule has 0 saturated carbocycles. The quantitative estimate of drug-likeness (QED) is 0.857. The minimum absolute atomic E-state index is 0.311. The Labute approximate surface area is 98.5 Å². The SMILES string of the molecule is Cc1ccc(Nc2ncccc2C#N)c(F)c1. The summed E-state index contributed by atoms with van der Waals surface area (Å²) < 4.78 is 13.6. The molecule has 0 unspecified atom stereocenters. The average Bonchev–Trinajstić information content (AvgIpc) is 2.33. The fourth-order valence-corrected chi connectivity index (χ4v) is 1.44. The van der Waals surface area contributed by atoms with Gasteiger partial charge in [-0.3, -0.25) is 0 Å². The number of hydrogen-bond donors (Lipinski definition) is 1. The highest BCUT2D eigenvalue weighted by atomic mass is 19.1. The molecule has 2 aromatic rings. The molecule has 84 valence electrons. The van der Waals surface area contributed by atoms with Crippen LogP contribution >= 0.6 is 0 Å². The number of benzene rings is 1. The van der Waals surface area contributed by atoms with Crippen LogP contribution in [0.15, 0.2) is 36.5 Å². The Bertz CT molecular complexity index is 587. The van der Waals surface area contributed by atoms with Crippen LogP contribution in [0.5, 0.6) is 0 Å². The number of halogens is 1. The van der Waals surface area contributed by atoms with E-state index in [2.05, 4.69) is 10.3 Å². The van der Waals surface area contributed by atoms with Gasteiger partial charge in [-0.15, -0.1) is 0 Å². The Morgan fingerprint density at radius 3 is 2.88 bits per heavy atom. The molecule has 0 aliphatic carbocycles. The number of nitriles is 1. The maximum atomic E-state index is 13.6. The van der Waals surface area contributed by atoms with Gasteiger partial charge in [-0.05, 0) is 36.8 Å². The molecule has 2 rings (SSSR count). The highest BCUT2D eigenvalue weighted by Crippen LogP contribution is 2.21. The lowest BCUT2D eigenvalue weighted by atomic mass is 10.2. The van der Waals surface area contributed by atoms with Crippen molar-refractivity contribution in [2.75, 3.05) is 5.32 Å². The number of aryl methyl sites for hydroxylation is 1. The van der Waals surface area contributed by atoms with E-state index in [1.54, 1.807) is 30.5 Å². The van der Waals surface area contributed by atoms with Gasteiger partial charge in [-0.1, -0.05) is 6.07 Å². The van der Waals surface area contributed by atoms with Crippen molar-refractivity contribution in [3.05, 3.63) is 53.5 Å². The zero-order valence-corrected chi connectivity index (χ0v) is 9.24. The van der Waals surface area contributed by atoms with Gasteiger partial charge in [0.1, 0.15) is 17.7 Å². The molecular weight excluding hydrogens is 217 g/mol. The Kier molecular flexibility index (Phi) is 3.01. The van der Waals surface area contributed by atoms with Gasteiger partial charge in [0.25, 0.3) is 0 Å². The number of anilines is 2. The molecule has 17 heavy (non-hydrogen) atoms. The van der Waals surface area contributed by atoms with E-state index in [0.29, 0.717) is 17.1 Å². The second kappa shape index (κ2) is 4.62. The van der Waals surface area contributed by atoms with Crippen molar-refractivity contribution in [3.63, 3.8) is 0 Å². The van der Waals surface area contributed by atoms with E-state index in [-0.39, 0.29) is 5.82 Å². The molecule has 0 spiro atoms. The van der Waals surface area contributed by atoms with Crippen LogP contribution in [-0.2, 0) is 0 Å². The summed E-state index contributed by atoms with van der Waals surface area (Å²) in [4.78, 5) is 4.01. The molecule has 0 radical (unpaired) electrons. The number of rotatable bonds is 2. The fourth-order valence-electron chi connectivity index (χ4n) is 1.44. The molecule has 0 fully saturated rings. The zero-order valence-electron chi connectivity index (χ0n) is 9.24. The van der Waals surface area contributed by atoms with Gasteiger partial charge in [0, 0.05) is 6.20 Å². The van der Waals surface area contributed by atoms with Crippen LogP contribution in [0.2, 0.25) is 0 Å². The van der Waals surface area contributed by atoms with E-state index in [4.69, 9.17) is 5.26 Å². The van der Waals surface area contributed by atoms with Crippen LogP contribution in [0.3, 0.4) is 0 Å². The lowest BCUT2D eigenvalue weighted by molar-refractivity contribution is 0.630. The van der Waals surface area contributed by atoms with E-state index < -0.39 is 0 Å². The van der Waals surface area contributed by atoms with Gasteiger partial charge in [0.05, 0.1) is 11.3 Å². The van der Waals surface area contributed by atoms with E-state index in [1.165, 1.54) is 6.07 Å². The lowest BCUT2D eigenvalue weighted by Gasteiger charge is -2.08. The first-order valence-corrected chi connectivity index (χ1v) is 5.09. The van der Waals surface area contributed by atoms with E-state index in [0.717, 1.165) is 5.56 Å². The monoisotopic (exact) mass is 227 g/mol. The first kappa shape index (κ1) is 11.1. The molecule has 3 nitrogen and oxygen atoms in total. The number of nitrogens with one attached hydrogen (secondary N) is 1. The second-order valence-electron chi connectivity index (χ2n) is 3.62. The van der Waals surface area contributed by atoms with Gasteiger partial charge in [0.15, 0.2) is 0 Å². The minimum Gasteiger partial charge on any atom is -0.337 e. The first-order valence-electron chi connectivity index (χ1n) is 5.09. The molecular formula is C13H10FN3. The van der Waals surface area contributed by atoms with Gasteiger partial charge in [-0.25, -0.2) is 9.37 Å². The summed E-state index contributed by atoms with van der Waals surface area (Å²) in [5.74, 6) is -0.00250. The van der Waals surface area contributed by atoms with Crippen LogP contribution in [0.25, 0.3) is 0 Å². The third-order valence-corrected chi connectivity index (χ3v) is 2.31. The van der Waals surface area contributed by atoms with E-state index in [9.17, 15) is 4.39 Å². The predicted molar refractivity (Wildman–Crippen MR) is 63.4 cm³/mol. The second-order valence-corrected chi connectivity index (χ2v) is 3.62. The summed E-state index contributed by atoms with van der Waals surface area (Å²) in [6.07, 6.45) is 1.55. The van der Waals surface area contributed by atoms with Crippen molar-refractivity contribution in [1.82, 2.24) is 4.98 Å². The van der Waals surface area contributed by atoms with Crippen LogP contribution in [0.1, 0.15) is 11.1 Å². The number of nitrogens with zero attached hydrogens (tertiary/aromatic N) is 2. The summed E-state index contributed by atoms with van der Waals surface area (Å²) in [5.41, 5.74) is 1.54. The molecule has 0 aliphatic heterocycles. The first-order chi connectivity index (χ1) is 8.20. The molecule has 0 aliphatic rings. The van der Waals surface area contributed by atoms with Crippen molar-refractivity contribution in [2.24, 2.45) is 0 Å². The largest absolute Gasteiger partial charge is 0.337 e. The van der Waals surface area contributed by atoms with E-state index in [1.807, 2.05) is 13.0 Å². The normalized spacial score (nSPS) is 9.71. The van der Waals surface area contributed by atoms with Crippen molar-refractivity contribution in [1.29, 1.82) is 5.26 Å². The smallest absolute Gasteiger partial charge is 0.148 e. The molecule has 0 saturated heterocycles. The van der Waals surface area contributed by atoms with Crippen molar-refractivity contribution < 1.29 is 4.39 Å².